The molecule has 146 valence electrons. The first-order valence-corrected chi connectivity index (χ1v) is 10.4. The standard InChI is InChI=1S/C21H19N5O2S/c27-21(18-12-17(23-24-18)19-6-3-11-29-19)26-9-7-15(8-10-26)28-20-16-5-2-1-4-14(16)13-22-25-20/h1-6,11-13,15H,7-10H2,(H,23,24). The van der Waals surface area contributed by atoms with Crippen molar-refractivity contribution >= 4 is 28.0 Å². The van der Waals surface area contributed by atoms with E-state index in [0.29, 0.717) is 24.7 Å². The van der Waals surface area contributed by atoms with Gasteiger partial charge in [0.2, 0.25) is 5.88 Å². The molecular weight excluding hydrogens is 386 g/mol. The minimum atomic E-state index is -0.0486. The first-order valence-electron chi connectivity index (χ1n) is 9.53. The molecule has 0 unspecified atom stereocenters. The fourth-order valence-electron chi connectivity index (χ4n) is 3.57. The van der Waals surface area contributed by atoms with E-state index in [-0.39, 0.29) is 12.0 Å². The topological polar surface area (TPSA) is 84.0 Å². The van der Waals surface area contributed by atoms with Crippen molar-refractivity contribution in [3.63, 3.8) is 0 Å². The van der Waals surface area contributed by atoms with E-state index >= 15 is 0 Å². The first-order chi connectivity index (χ1) is 14.3. The van der Waals surface area contributed by atoms with Crippen molar-refractivity contribution in [2.75, 3.05) is 13.1 Å². The molecule has 1 fully saturated rings. The van der Waals surface area contributed by atoms with Crippen LogP contribution in [0.15, 0.2) is 54.0 Å². The Labute approximate surface area is 171 Å². The Hall–Kier alpha value is -3.26. The maximum atomic E-state index is 12.8. The van der Waals surface area contributed by atoms with Crippen LogP contribution >= 0.6 is 11.3 Å². The average molecular weight is 405 g/mol. The number of benzene rings is 1. The molecular formula is C21H19N5O2S. The van der Waals surface area contributed by atoms with Crippen molar-refractivity contribution in [2.24, 2.45) is 0 Å². The third-order valence-corrected chi connectivity index (χ3v) is 6.03. The molecule has 0 radical (unpaired) electrons. The van der Waals surface area contributed by atoms with Crippen LogP contribution in [-0.4, -0.2) is 50.4 Å². The zero-order valence-corrected chi connectivity index (χ0v) is 16.4. The van der Waals surface area contributed by atoms with Gasteiger partial charge in [0.15, 0.2) is 5.69 Å². The van der Waals surface area contributed by atoms with Crippen LogP contribution in [0, 0.1) is 0 Å². The monoisotopic (exact) mass is 405 g/mol. The number of carbonyl (C=O) groups excluding carboxylic acids is 1. The van der Waals surface area contributed by atoms with Crippen molar-refractivity contribution in [2.45, 2.75) is 18.9 Å². The normalized spacial score (nSPS) is 15.0. The molecule has 8 heteroatoms. The Bertz CT molecular complexity index is 1130. The maximum Gasteiger partial charge on any atom is 0.274 e. The van der Waals surface area contributed by atoms with Crippen LogP contribution < -0.4 is 4.74 Å². The van der Waals surface area contributed by atoms with Crippen LogP contribution in [0.4, 0.5) is 0 Å². The zero-order valence-electron chi connectivity index (χ0n) is 15.6. The molecule has 1 N–H and O–H groups in total. The van der Waals surface area contributed by atoms with Gasteiger partial charge in [-0.1, -0.05) is 24.3 Å². The van der Waals surface area contributed by atoms with E-state index in [0.717, 1.165) is 34.2 Å². The minimum absolute atomic E-state index is 0.0139. The summed E-state index contributed by atoms with van der Waals surface area (Å²) >= 11 is 1.61. The number of aromatic nitrogens is 4. The quantitative estimate of drug-likeness (QED) is 0.559. The van der Waals surface area contributed by atoms with Crippen LogP contribution in [-0.2, 0) is 0 Å². The van der Waals surface area contributed by atoms with Gasteiger partial charge in [0, 0.05) is 36.7 Å². The summed E-state index contributed by atoms with van der Waals surface area (Å²) in [5.74, 6) is 0.508. The molecule has 0 atom stereocenters. The zero-order chi connectivity index (χ0) is 19.6. The number of thiophene rings is 1. The molecule has 1 aliphatic heterocycles. The fraction of sp³-hybridized carbons (Fsp3) is 0.238. The summed E-state index contributed by atoms with van der Waals surface area (Å²) in [6, 6.07) is 13.7. The summed E-state index contributed by atoms with van der Waals surface area (Å²) in [6.45, 7) is 1.26. The Morgan fingerprint density at radius 2 is 2.03 bits per heavy atom. The van der Waals surface area contributed by atoms with Crippen LogP contribution in [0.3, 0.4) is 0 Å². The smallest absolute Gasteiger partial charge is 0.274 e. The third-order valence-electron chi connectivity index (χ3n) is 5.13. The van der Waals surface area contributed by atoms with Gasteiger partial charge in [0.1, 0.15) is 6.10 Å². The number of aromatic amines is 1. The van der Waals surface area contributed by atoms with Crippen molar-refractivity contribution < 1.29 is 9.53 Å². The summed E-state index contributed by atoms with van der Waals surface area (Å²) in [7, 11) is 0. The van der Waals surface area contributed by atoms with E-state index in [2.05, 4.69) is 20.4 Å². The number of hydrogen-bond donors (Lipinski definition) is 1. The Morgan fingerprint density at radius 1 is 1.17 bits per heavy atom. The second-order valence-corrected chi connectivity index (χ2v) is 7.94. The van der Waals surface area contributed by atoms with Crippen LogP contribution in [0.1, 0.15) is 23.3 Å². The summed E-state index contributed by atoms with van der Waals surface area (Å²) in [6.07, 6.45) is 3.25. The van der Waals surface area contributed by atoms with Crippen LogP contribution in [0.5, 0.6) is 5.88 Å². The highest BCUT2D eigenvalue weighted by molar-refractivity contribution is 7.13. The lowest BCUT2D eigenvalue weighted by Gasteiger charge is -2.31. The van der Waals surface area contributed by atoms with E-state index in [9.17, 15) is 4.79 Å². The number of hydrogen-bond acceptors (Lipinski definition) is 6. The molecule has 1 aliphatic rings. The van der Waals surface area contributed by atoms with Gasteiger partial charge >= 0.3 is 0 Å². The number of H-pyrrole nitrogens is 1. The highest BCUT2D eigenvalue weighted by Crippen LogP contribution is 2.26. The summed E-state index contributed by atoms with van der Waals surface area (Å²) < 4.78 is 6.12. The molecule has 4 heterocycles. The Morgan fingerprint density at radius 3 is 2.86 bits per heavy atom. The molecule has 29 heavy (non-hydrogen) atoms. The Balaban J connectivity index is 1.23. The molecule has 3 aromatic heterocycles. The third kappa shape index (κ3) is 3.58. The van der Waals surface area contributed by atoms with E-state index in [4.69, 9.17) is 4.74 Å². The molecule has 1 amide bonds. The molecule has 1 saturated heterocycles. The number of fused-ring (bicyclic) bond motifs is 1. The predicted octanol–water partition coefficient (Wildman–Crippen LogP) is 3.77. The lowest BCUT2D eigenvalue weighted by atomic mass is 10.1. The molecule has 1 aromatic carbocycles. The highest BCUT2D eigenvalue weighted by atomic mass is 32.1. The molecule has 0 aliphatic carbocycles. The number of amides is 1. The number of nitrogens with zero attached hydrogens (tertiary/aromatic N) is 4. The van der Waals surface area contributed by atoms with Gasteiger partial charge < -0.3 is 9.64 Å². The highest BCUT2D eigenvalue weighted by Gasteiger charge is 2.27. The van der Waals surface area contributed by atoms with E-state index in [1.54, 1.807) is 17.5 Å². The number of rotatable bonds is 4. The molecule has 7 nitrogen and oxygen atoms in total. The van der Waals surface area contributed by atoms with Crippen molar-refractivity contribution in [1.82, 2.24) is 25.3 Å². The van der Waals surface area contributed by atoms with Gasteiger partial charge in [0.05, 0.1) is 16.8 Å². The number of nitrogens with one attached hydrogen (secondary N) is 1. The summed E-state index contributed by atoms with van der Waals surface area (Å²) in [5.41, 5.74) is 1.32. The van der Waals surface area contributed by atoms with Gasteiger partial charge in [-0.05, 0) is 23.6 Å². The molecule has 4 aromatic rings. The average Bonchev–Trinajstić information content (AvgIpc) is 3.46. The van der Waals surface area contributed by atoms with E-state index in [1.165, 1.54) is 0 Å². The number of piperidine rings is 1. The molecule has 0 bridgehead atoms. The van der Waals surface area contributed by atoms with Crippen molar-refractivity contribution in [3.05, 3.63) is 59.7 Å². The van der Waals surface area contributed by atoms with Gasteiger partial charge in [-0.2, -0.15) is 10.2 Å². The summed E-state index contributed by atoms with van der Waals surface area (Å²) in [5, 5.41) is 19.3. The second kappa shape index (κ2) is 7.63. The van der Waals surface area contributed by atoms with Crippen LogP contribution in [0.2, 0.25) is 0 Å². The largest absolute Gasteiger partial charge is 0.473 e. The van der Waals surface area contributed by atoms with Crippen LogP contribution in [0.25, 0.3) is 21.3 Å². The van der Waals surface area contributed by atoms with Crippen molar-refractivity contribution in [3.8, 4) is 16.5 Å². The van der Waals surface area contributed by atoms with Gasteiger partial charge in [-0.3, -0.25) is 9.89 Å². The van der Waals surface area contributed by atoms with Gasteiger partial charge in [0.25, 0.3) is 5.91 Å². The fourth-order valence-corrected chi connectivity index (χ4v) is 4.27. The lowest BCUT2D eigenvalue weighted by molar-refractivity contribution is 0.0584. The molecule has 5 rings (SSSR count). The Kier molecular flexibility index (Phi) is 4.69. The first kappa shape index (κ1) is 17.8. The molecule has 0 spiro atoms. The number of likely N-dealkylation sites (tertiary alicyclic amines) is 1. The van der Waals surface area contributed by atoms with E-state index < -0.39 is 0 Å². The predicted molar refractivity (Wildman–Crippen MR) is 111 cm³/mol. The van der Waals surface area contributed by atoms with E-state index in [1.807, 2.05) is 52.7 Å². The van der Waals surface area contributed by atoms with Gasteiger partial charge in [-0.15, -0.1) is 16.4 Å². The molecule has 0 saturated carbocycles. The SMILES string of the molecule is O=C(c1cc(-c2cccs2)[nH]n1)N1CCC(Oc2nncc3ccccc23)CC1. The summed E-state index contributed by atoms with van der Waals surface area (Å²) in [4.78, 5) is 15.7. The van der Waals surface area contributed by atoms with Crippen molar-refractivity contribution in [1.29, 1.82) is 0 Å². The van der Waals surface area contributed by atoms with Gasteiger partial charge in [-0.25, -0.2) is 0 Å². The lowest BCUT2D eigenvalue weighted by Crippen LogP contribution is -2.42. The number of ether oxygens (including phenoxy) is 1. The number of carbonyl (C=O) groups is 1. The second-order valence-electron chi connectivity index (χ2n) is 6.99. The minimum Gasteiger partial charge on any atom is -0.473 e. The maximum absolute atomic E-state index is 12.8.